The maximum Gasteiger partial charge on any atom is 0.276 e. The lowest BCUT2D eigenvalue weighted by atomic mass is 10.2. The Balaban J connectivity index is 2.01. The second-order valence-corrected chi connectivity index (χ2v) is 4.64. The SMILES string of the molecule is CCCNCc1cccc(NC(=O)c2ccc(=O)[nH]n2)c1. The molecule has 0 aliphatic heterocycles. The van der Waals surface area contributed by atoms with E-state index in [1.54, 1.807) is 0 Å². The monoisotopic (exact) mass is 286 g/mol. The number of hydrogen-bond donors (Lipinski definition) is 3. The summed E-state index contributed by atoms with van der Waals surface area (Å²) in [6.07, 6.45) is 1.08. The van der Waals surface area contributed by atoms with E-state index in [0.29, 0.717) is 5.69 Å². The standard InChI is InChI=1S/C15H18N4O2/c1-2-8-16-10-11-4-3-5-12(9-11)17-15(21)13-6-7-14(20)19-18-13/h3-7,9,16H,2,8,10H2,1H3,(H,17,21)(H,19,20). The number of rotatable bonds is 6. The van der Waals surface area contributed by atoms with Crippen LogP contribution in [-0.2, 0) is 6.54 Å². The van der Waals surface area contributed by atoms with Gasteiger partial charge in [0.25, 0.3) is 11.5 Å². The number of benzene rings is 1. The van der Waals surface area contributed by atoms with Crippen LogP contribution in [0.15, 0.2) is 41.2 Å². The highest BCUT2D eigenvalue weighted by molar-refractivity contribution is 6.02. The zero-order valence-electron chi connectivity index (χ0n) is 11.8. The Morgan fingerprint density at radius 3 is 2.86 bits per heavy atom. The third kappa shape index (κ3) is 4.54. The highest BCUT2D eigenvalue weighted by atomic mass is 16.2. The van der Waals surface area contributed by atoms with Crippen LogP contribution in [0.4, 0.5) is 5.69 Å². The van der Waals surface area contributed by atoms with Crippen LogP contribution in [0.5, 0.6) is 0 Å². The van der Waals surface area contributed by atoms with E-state index in [1.807, 2.05) is 24.3 Å². The molecule has 0 saturated carbocycles. The number of nitrogens with zero attached hydrogens (tertiary/aromatic N) is 1. The van der Waals surface area contributed by atoms with Gasteiger partial charge in [-0.1, -0.05) is 19.1 Å². The summed E-state index contributed by atoms with van der Waals surface area (Å²) in [6, 6.07) is 10.3. The number of carbonyl (C=O) groups excluding carboxylic acids is 1. The molecule has 2 rings (SSSR count). The number of aromatic nitrogens is 2. The highest BCUT2D eigenvalue weighted by Crippen LogP contribution is 2.11. The number of nitrogens with one attached hydrogen (secondary N) is 3. The Hall–Kier alpha value is -2.47. The van der Waals surface area contributed by atoms with Gasteiger partial charge in [0.15, 0.2) is 0 Å². The number of aromatic amines is 1. The third-order valence-electron chi connectivity index (χ3n) is 2.85. The smallest absolute Gasteiger partial charge is 0.276 e. The zero-order valence-corrected chi connectivity index (χ0v) is 11.8. The van der Waals surface area contributed by atoms with Gasteiger partial charge in [-0.25, -0.2) is 5.10 Å². The minimum atomic E-state index is -0.357. The summed E-state index contributed by atoms with van der Waals surface area (Å²) in [6.45, 7) is 3.83. The summed E-state index contributed by atoms with van der Waals surface area (Å²) in [7, 11) is 0. The topological polar surface area (TPSA) is 86.9 Å². The molecule has 110 valence electrons. The molecule has 0 bridgehead atoms. The van der Waals surface area contributed by atoms with Crippen LogP contribution in [-0.4, -0.2) is 22.6 Å². The lowest BCUT2D eigenvalue weighted by Crippen LogP contribution is -2.18. The van der Waals surface area contributed by atoms with Crippen LogP contribution in [0.25, 0.3) is 0 Å². The minimum absolute atomic E-state index is 0.170. The van der Waals surface area contributed by atoms with Gasteiger partial charge < -0.3 is 10.6 Å². The molecule has 0 fully saturated rings. The molecule has 1 aromatic carbocycles. The molecule has 6 heteroatoms. The quantitative estimate of drug-likeness (QED) is 0.703. The van der Waals surface area contributed by atoms with E-state index in [0.717, 1.165) is 25.1 Å². The van der Waals surface area contributed by atoms with Crippen molar-refractivity contribution >= 4 is 11.6 Å². The van der Waals surface area contributed by atoms with Crippen LogP contribution < -0.4 is 16.2 Å². The molecule has 2 aromatic rings. The second-order valence-electron chi connectivity index (χ2n) is 4.64. The zero-order chi connectivity index (χ0) is 15.1. The van der Waals surface area contributed by atoms with Crippen molar-refractivity contribution in [3.05, 3.63) is 58.0 Å². The summed E-state index contributed by atoms with van der Waals surface area (Å²) in [5, 5.41) is 12.0. The van der Waals surface area contributed by atoms with Gasteiger partial charge in [0.1, 0.15) is 5.69 Å². The van der Waals surface area contributed by atoms with E-state index in [2.05, 4.69) is 27.8 Å². The van der Waals surface area contributed by atoms with E-state index < -0.39 is 0 Å². The summed E-state index contributed by atoms with van der Waals surface area (Å²) in [4.78, 5) is 22.9. The average Bonchev–Trinajstić information content (AvgIpc) is 2.48. The molecule has 0 unspecified atom stereocenters. The van der Waals surface area contributed by atoms with Crippen molar-refractivity contribution in [3.8, 4) is 0 Å². The van der Waals surface area contributed by atoms with Gasteiger partial charge >= 0.3 is 0 Å². The van der Waals surface area contributed by atoms with E-state index in [1.165, 1.54) is 12.1 Å². The summed E-state index contributed by atoms with van der Waals surface area (Å²) in [5.74, 6) is -0.357. The fourth-order valence-electron chi connectivity index (χ4n) is 1.83. The number of hydrogen-bond acceptors (Lipinski definition) is 4. The van der Waals surface area contributed by atoms with Crippen LogP contribution in [0.2, 0.25) is 0 Å². The number of anilines is 1. The van der Waals surface area contributed by atoms with Crippen molar-refractivity contribution in [2.75, 3.05) is 11.9 Å². The van der Waals surface area contributed by atoms with Crippen LogP contribution in [0.1, 0.15) is 29.4 Å². The fraction of sp³-hybridized carbons (Fsp3) is 0.267. The summed E-state index contributed by atoms with van der Waals surface area (Å²) < 4.78 is 0. The van der Waals surface area contributed by atoms with Gasteiger partial charge in [-0.05, 0) is 36.7 Å². The molecule has 0 aliphatic carbocycles. The van der Waals surface area contributed by atoms with Crippen molar-refractivity contribution in [2.45, 2.75) is 19.9 Å². The normalized spacial score (nSPS) is 10.3. The molecule has 1 aromatic heterocycles. The van der Waals surface area contributed by atoms with Gasteiger partial charge in [0, 0.05) is 18.3 Å². The van der Waals surface area contributed by atoms with E-state index >= 15 is 0 Å². The largest absolute Gasteiger partial charge is 0.321 e. The number of amides is 1. The van der Waals surface area contributed by atoms with Crippen molar-refractivity contribution in [1.29, 1.82) is 0 Å². The molecule has 0 spiro atoms. The first-order valence-corrected chi connectivity index (χ1v) is 6.86. The van der Waals surface area contributed by atoms with Crippen molar-refractivity contribution in [2.24, 2.45) is 0 Å². The first-order valence-electron chi connectivity index (χ1n) is 6.86. The van der Waals surface area contributed by atoms with Gasteiger partial charge in [-0.3, -0.25) is 9.59 Å². The Bertz CT molecular complexity index is 646. The maximum absolute atomic E-state index is 12.0. The predicted molar refractivity (Wildman–Crippen MR) is 81.3 cm³/mol. The van der Waals surface area contributed by atoms with Gasteiger partial charge in [-0.15, -0.1) is 0 Å². The Morgan fingerprint density at radius 2 is 2.14 bits per heavy atom. The maximum atomic E-state index is 12.0. The summed E-state index contributed by atoms with van der Waals surface area (Å²) in [5.41, 5.74) is 1.62. The lowest BCUT2D eigenvalue weighted by Gasteiger charge is -2.07. The molecule has 0 radical (unpaired) electrons. The van der Waals surface area contributed by atoms with Crippen LogP contribution >= 0.6 is 0 Å². The van der Waals surface area contributed by atoms with Crippen molar-refractivity contribution in [1.82, 2.24) is 15.5 Å². The van der Waals surface area contributed by atoms with Gasteiger partial charge in [-0.2, -0.15) is 5.10 Å². The van der Waals surface area contributed by atoms with Crippen molar-refractivity contribution < 1.29 is 4.79 Å². The first kappa shape index (κ1) is 14.9. The molecule has 21 heavy (non-hydrogen) atoms. The second kappa shape index (κ2) is 7.35. The highest BCUT2D eigenvalue weighted by Gasteiger charge is 2.07. The van der Waals surface area contributed by atoms with E-state index in [-0.39, 0.29) is 17.2 Å². The Labute approximate surface area is 122 Å². The van der Waals surface area contributed by atoms with Crippen molar-refractivity contribution in [3.63, 3.8) is 0 Å². The Kier molecular flexibility index (Phi) is 5.22. The third-order valence-corrected chi connectivity index (χ3v) is 2.85. The molecular formula is C15H18N4O2. The van der Waals surface area contributed by atoms with Crippen LogP contribution in [0, 0.1) is 0 Å². The summed E-state index contributed by atoms with van der Waals surface area (Å²) >= 11 is 0. The van der Waals surface area contributed by atoms with Gasteiger partial charge in [0.2, 0.25) is 0 Å². The molecule has 0 atom stereocenters. The predicted octanol–water partition coefficient (Wildman–Crippen LogP) is 1.52. The molecule has 6 nitrogen and oxygen atoms in total. The number of carbonyl (C=O) groups is 1. The molecule has 0 saturated heterocycles. The molecule has 0 aliphatic rings. The average molecular weight is 286 g/mol. The molecule has 3 N–H and O–H groups in total. The molecular weight excluding hydrogens is 268 g/mol. The Morgan fingerprint density at radius 1 is 1.29 bits per heavy atom. The minimum Gasteiger partial charge on any atom is -0.321 e. The van der Waals surface area contributed by atoms with E-state index in [9.17, 15) is 9.59 Å². The fourth-order valence-corrected chi connectivity index (χ4v) is 1.83. The first-order chi connectivity index (χ1) is 10.2. The lowest BCUT2D eigenvalue weighted by molar-refractivity contribution is 0.102. The molecule has 1 heterocycles. The van der Waals surface area contributed by atoms with E-state index in [4.69, 9.17) is 0 Å². The number of H-pyrrole nitrogens is 1. The van der Waals surface area contributed by atoms with Gasteiger partial charge in [0.05, 0.1) is 0 Å². The van der Waals surface area contributed by atoms with Crippen LogP contribution in [0.3, 0.4) is 0 Å². The molecule has 1 amide bonds.